The third-order valence-electron chi connectivity index (χ3n) is 5.33. The first kappa shape index (κ1) is 15.4. The van der Waals surface area contributed by atoms with E-state index in [0.29, 0.717) is 17.8 Å². The minimum Gasteiger partial charge on any atom is -0.493 e. The first-order valence-electron chi connectivity index (χ1n) is 7.96. The second-order valence-electron chi connectivity index (χ2n) is 7.70. The highest BCUT2D eigenvalue weighted by Crippen LogP contribution is 2.46. The minimum atomic E-state index is -0.601. The number of ether oxygens (including phenoxy) is 1. The standard InChI is InChI=1S/C18H25BrO2/c1-12-10-17(2,3)5-6-18(12,20)11-14-9-15(19)8-13-4-7-21-16(13)14/h8-9,12,20H,4-7,10-11H2,1-3H3. The van der Waals surface area contributed by atoms with E-state index in [1.54, 1.807) is 0 Å². The molecule has 1 N–H and O–H groups in total. The van der Waals surface area contributed by atoms with Gasteiger partial charge in [0, 0.05) is 17.3 Å². The van der Waals surface area contributed by atoms with E-state index in [1.807, 2.05) is 0 Å². The third-order valence-corrected chi connectivity index (χ3v) is 5.79. The molecule has 3 rings (SSSR count). The predicted octanol–water partition coefficient (Wildman–Crippen LogP) is 4.50. The van der Waals surface area contributed by atoms with Crippen LogP contribution in [0.15, 0.2) is 16.6 Å². The number of fused-ring (bicyclic) bond motifs is 1. The summed E-state index contributed by atoms with van der Waals surface area (Å²) in [5, 5.41) is 11.2. The summed E-state index contributed by atoms with van der Waals surface area (Å²) < 4.78 is 6.91. The molecule has 1 heterocycles. The van der Waals surface area contributed by atoms with E-state index >= 15 is 0 Å². The number of hydrogen-bond acceptors (Lipinski definition) is 2. The van der Waals surface area contributed by atoms with Crippen molar-refractivity contribution >= 4 is 15.9 Å². The van der Waals surface area contributed by atoms with Gasteiger partial charge in [0.15, 0.2) is 0 Å². The lowest BCUT2D eigenvalue weighted by Crippen LogP contribution is -2.45. The van der Waals surface area contributed by atoms with Gasteiger partial charge in [0.2, 0.25) is 0 Å². The molecular formula is C18H25BrO2. The topological polar surface area (TPSA) is 29.5 Å². The molecule has 2 atom stereocenters. The number of hydrogen-bond donors (Lipinski definition) is 1. The van der Waals surface area contributed by atoms with Gasteiger partial charge in [-0.25, -0.2) is 0 Å². The van der Waals surface area contributed by atoms with Crippen LogP contribution in [0.1, 0.15) is 51.2 Å². The average molecular weight is 353 g/mol. The molecule has 2 nitrogen and oxygen atoms in total. The van der Waals surface area contributed by atoms with Crippen molar-refractivity contribution < 1.29 is 9.84 Å². The van der Waals surface area contributed by atoms with Crippen molar-refractivity contribution in [2.24, 2.45) is 11.3 Å². The molecule has 21 heavy (non-hydrogen) atoms. The fraction of sp³-hybridized carbons (Fsp3) is 0.667. The van der Waals surface area contributed by atoms with E-state index in [4.69, 9.17) is 4.74 Å². The Kier molecular flexibility index (Phi) is 3.86. The molecule has 1 aromatic carbocycles. The average Bonchev–Trinajstić information content (AvgIpc) is 2.83. The summed E-state index contributed by atoms with van der Waals surface area (Å²) in [5.41, 5.74) is 2.18. The highest BCUT2D eigenvalue weighted by atomic mass is 79.9. The Hall–Kier alpha value is -0.540. The van der Waals surface area contributed by atoms with Crippen LogP contribution >= 0.6 is 15.9 Å². The van der Waals surface area contributed by atoms with Crippen LogP contribution < -0.4 is 4.74 Å². The van der Waals surface area contributed by atoms with Crippen molar-refractivity contribution in [2.45, 2.75) is 58.5 Å². The van der Waals surface area contributed by atoms with E-state index in [0.717, 1.165) is 48.1 Å². The van der Waals surface area contributed by atoms with Gasteiger partial charge in [-0.3, -0.25) is 0 Å². The molecule has 3 heteroatoms. The van der Waals surface area contributed by atoms with Gasteiger partial charge in [0.05, 0.1) is 12.2 Å². The third kappa shape index (κ3) is 3.00. The maximum Gasteiger partial charge on any atom is 0.125 e. The Morgan fingerprint density at radius 2 is 2.10 bits per heavy atom. The molecule has 2 unspecified atom stereocenters. The van der Waals surface area contributed by atoms with Gasteiger partial charge >= 0.3 is 0 Å². The summed E-state index contributed by atoms with van der Waals surface area (Å²) in [6.45, 7) is 7.58. The second-order valence-corrected chi connectivity index (χ2v) is 8.62. The zero-order valence-corrected chi connectivity index (χ0v) is 14.8. The Balaban J connectivity index is 1.87. The maximum absolute atomic E-state index is 11.2. The number of halogens is 1. The Labute approximate surface area is 136 Å². The normalized spacial score (nSPS) is 30.8. The molecule has 0 radical (unpaired) electrons. The van der Waals surface area contributed by atoms with E-state index in [1.165, 1.54) is 5.56 Å². The summed E-state index contributed by atoms with van der Waals surface area (Å²) >= 11 is 3.59. The van der Waals surface area contributed by atoms with Crippen LogP contribution in [0.3, 0.4) is 0 Å². The van der Waals surface area contributed by atoms with Gasteiger partial charge in [-0.2, -0.15) is 0 Å². The van der Waals surface area contributed by atoms with Crippen molar-refractivity contribution in [3.05, 3.63) is 27.7 Å². The molecule has 1 aliphatic heterocycles. The van der Waals surface area contributed by atoms with Gasteiger partial charge in [0.25, 0.3) is 0 Å². The Bertz CT molecular complexity index is 552. The first-order chi connectivity index (χ1) is 9.79. The van der Waals surface area contributed by atoms with Crippen LogP contribution in [-0.2, 0) is 12.8 Å². The molecule has 0 aromatic heterocycles. The molecule has 0 amide bonds. The van der Waals surface area contributed by atoms with Crippen LogP contribution in [0.25, 0.3) is 0 Å². The van der Waals surface area contributed by atoms with Crippen molar-refractivity contribution in [2.75, 3.05) is 6.61 Å². The first-order valence-corrected chi connectivity index (χ1v) is 8.75. The lowest BCUT2D eigenvalue weighted by Gasteiger charge is -2.45. The van der Waals surface area contributed by atoms with E-state index in [2.05, 4.69) is 48.8 Å². The lowest BCUT2D eigenvalue weighted by atomic mass is 9.64. The molecular weight excluding hydrogens is 328 g/mol. The SMILES string of the molecule is CC1CC(C)(C)CCC1(O)Cc1cc(Br)cc2c1OCC2. The van der Waals surface area contributed by atoms with Crippen LogP contribution in [0.4, 0.5) is 0 Å². The fourth-order valence-electron chi connectivity index (χ4n) is 3.99. The molecule has 0 spiro atoms. The van der Waals surface area contributed by atoms with Gasteiger partial charge in [-0.05, 0) is 53.9 Å². The van der Waals surface area contributed by atoms with Crippen LogP contribution in [0.2, 0.25) is 0 Å². The predicted molar refractivity (Wildman–Crippen MR) is 88.8 cm³/mol. The van der Waals surface area contributed by atoms with Crippen molar-refractivity contribution in [3.63, 3.8) is 0 Å². The summed E-state index contributed by atoms with van der Waals surface area (Å²) in [4.78, 5) is 0. The largest absolute Gasteiger partial charge is 0.493 e. The molecule has 116 valence electrons. The zero-order chi connectivity index (χ0) is 15.3. The van der Waals surface area contributed by atoms with Crippen molar-refractivity contribution in [1.82, 2.24) is 0 Å². The van der Waals surface area contributed by atoms with Crippen molar-refractivity contribution in [1.29, 1.82) is 0 Å². The Morgan fingerprint density at radius 1 is 1.33 bits per heavy atom. The summed E-state index contributed by atoms with van der Waals surface area (Å²) in [6.07, 6.45) is 4.72. The number of benzene rings is 1. The highest BCUT2D eigenvalue weighted by Gasteiger charge is 2.43. The smallest absolute Gasteiger partial charge is 0.125 e. The van der Waals surface area contributed by atoms with Crippen LogP contribution in [0.5, 0.6) is 5.75 Å². The zero-order valence-electron chi connectivity index (χ0n) is 13.2. The summed E-state index contributed by atoms with van der Waals surface area (Å²) in [5.74, 6) is 1.33. The Morgan fingerprint density at radius 3 is 2.81 bits per heavy atom. The minimum absolute atomic E-state index is 0.317. The van der Waals surface area contributed by atoms with Gasteiger partial charge in [0.1, 0.15) is 5.75 Å². The maximum atomic E-state index is 11.2. The van der Waals surface area contributed by atoms with E-state index in [-0.39, 0.29) is 0 Å². The second kappa shape index (κ2) is 5.27. The molecule has 2 aliphatic rings. The molecule has 0 bridgehead atoms. The molecule has 0 saturated heterocycles. The van der Waals surface area contributed by atoms with E-state index in [9.17, 15) is 5.11 Å². The molecule has 1 fully saturated rings. The van der Waals surface area contributed by atoms with Gasteiger partial charge in [-0.1, -0.05) is 36.7 Å². The summed E-state index contributed by atoms with van der Waals surface area (Å²) in [7, 11) is 0. The molecule has 1 saturated carbocycles. The quantitative estimate of drug-likeness (QED) is 0.848. The molecule has 1 aliphatic carbocycles. The van der Waals surface area contributed by atoms with Gasteiger partial charge < -0.3 is 9.84 Å². The highest BCUT2D eigenvalue weighted by molar-refractivity contribution is 9.10. The van der Waals surface area contributed by atoms with Crippen LogP contribution in [-0.4, -0.2) is 17.3 Å². The fourth-order valence-corrected chi connectivity index (χ4v) is 4.54. The summed E-state index contributed by atoms with van der Waals surface area (Å²) in [6, 6.07) is 4.26. The number of rotatable bonds is 2. The monoisotopic (exact) mass is 352 g/mol. The van der Waals surface area contributed by atoms with Gasteiger partial charge in [-0.15, -0.1) is 0 Å². The van der Waals surface area contributed by atoms with Crippen molar-refractivity contribution in [3.8, 4) is 5.75 Å². The lowest BCUT2D eigenvalue weighted by molar-refractivity contribution is -0.0706. The molecule has 1 aromatic rings. The van der Waals surface area contributed by atoms with Crippen LogP contribution in [0, 0.1) is 11.3 Å². The van der Waals surface area contributed by atoms with E-state index < -0.39 is 5.60 Å². The number of aliphatic hydroxyl groups is 1.